The molecule has 0 saturated heterocycles. The van der Waals surface area contributed by atoms with Crippen LogP contribution in [0.15, 0.2) is 82.6 Å². The number of halogens is 3. The molecule has 1 amide bonds. The summed E-state index contributed by atoms with van der Waals surface area (Å²) in [6.07, 6.45) is 2.78. The molecule has 12 heteroatoms. The highest BCUT2D eigenvalue weighted by atomic mass is 19.2. The Balaban J connectivity index is 1.37. The first-order valence-electron chi connectivity index (χ1n) is 11.7. The Morgan fingerprint density at radius 1 is 0.974 bits per heavy atom. The number of aromatic nitrogens is 4. The summed E-state index contributed by atoms with van der Waals surface area (Å²) in [6, 6.07) is 14.1. The zero-order valence-corrected chi connectivity index (χ0v) is 20.1. The van der Waals surface area contributed by atoms with Gasteiger partial charge in [-0.3, -0.25) is 9.59 Å². The average molecular weight is 535 g/mol. The average Bonchev–Trinajstić information content (AvgIpc) is 3.30. The zero-order chi connectivity index (χ0) is 27.5. The van der Waals surface area contributed by atoms with Gasteiger partial charge in [0, 0.05) is 12.3 Å². The van der Waals surface area contributed by atoms with Crippen LogP contribution in [0, 0.1) is 17.5 Å². The molecule has 5 rings (SSSR count). The van der Waals surface area contributed by atoms with E-state index in [0.717, 1.165) is 16.7 Å². The first-order chi connectivity index (χ1) is 18.8. The molecular formula is C27H20F3N5O4. The Labute approximate surface area is 217 Å². The summed E-state index contributed by atoms with van der Waals surface area (Å²) in [6.45, 7) is -0.341. The van der Waals surface area contributed by atoms with Crippen molar-refractivity contribution in [1.82, 2.24) is 24.8 Å². The molecule has 198 valence electrons. The maximum atomic E-state index is 13.6. The van der Waals surface area contributed by atoms with E-state index in [4.69, 9.17) is 4.74 Å². The number of amides is 1. The lowest BCUT2D eigenvalue weighted by atomic mass is 10.1. The van der Waals surface area contributed by atoms with Gasteiger partial charge in [-0.25, -0.2) is 22.9 Å². The van der Waals surface area contributed by atoms with Crippen molar-refractivity contribution in [3.05, 3.63) is 128 Å². The normalized spacial score (nSPS) is 11.9. The van der Waals surface area contributed by atoms with Crippen LogP contribution in [0.4, 0.5) is 13.2 Å². The third-order valence-corrected chi connectivity index (χ3v) is 5.94. The minimum absolute atomic E-state index is 0.00913. The number of benzene rings is 2. The monoisotopic (exact) mass is 535 g/mol. The molecule has 0 unspecified atom stereocenters. The van der Waals surface area contributed by atoms with Gasteiger partial charge in [-0.1, -0.05) is 30.3 Å². The Bertz CT molecular complexity index is 1760. The largest absolute Gasteiger partial charge is 0.475 e. The summed E-state index contributed by atoms with van der Waals surface area (Å²) < 4.78 is 47.4. The Hall–Kier alpha value is -5.13. The third kappa shape index (κ3) is 5.59. The maximum absolute atomic E-state index is 13.6. The number of nitrogens with zero attached hydrogens (tertiary/aromatic N) is 2. The van der Waals surface area contributed by atoms with E-state index in [2.05, 4.69) is 20.3 Å². The van der Waals surface area contributed by atoms with E-state index in [1.165, 1.54) is 30.6 Å². The van der Waals surface area contributed by atoms with E-state index in [-0.39, 0.29) is 35.8 Å². The number of pyridine rings is 2. The zero-order valence-electron chi connectivity index (χ0n) is 20.1. The number of hydrogen-bond donors (Lipinski definition) is 3. The number of hydrogen-bond acceptors (Lipinski definition) is 5. The van der Waals surface area contributed by atoms with Gasteiger partial charge < -0.3 is 24.6 Å². The summed E-state index contributed by atoms with van der Waals surface area (Å²) in [5, 5.41) is 2.78. The summed E-state index contributed by atoms with van der Waals surface area (Å²) in [7, 11) is 0. The first-order valence-corrected chi connectivity index (χ1v) is 11.7. The van der Waals surface area contributed by atoms with Crippen molar-refractivity contribution in [1.29, 1.82) is 0 Å². The number of ether oxygens (including phenoxy) is 1. The molecule has 2 aromatic carbocycles. The van der Waals surface area contributed by atoms with Crippen LogP contribution in [0.5, 0.6) is 5.88 Å². The van der Waals surface area contributed by atoms with Crippen LogP contribution in [0.1, 0.15) is 27.5 Å². The lowest BCUT2D eigenvalue weighted by molar-refractivity contribution is 0.0918. The van der Waals surface area contributed by atoms with E-state index < -0.39 is 35.0 Å². The van der Waals surface area contributed by atoms with Crippen LogP contribution < -0.4 is 21.3 Å². The molecule has 0 aliphatic carbocycles. The molecule has 3 heterocycles. The van der Waals surface area contributed by atoms with Crippen molar-refractivity contribution < 1.29 is 22.7 Å². The number of carbonyl (C=O) groups excluding carboxylic acids is 1. The Kier molecular flexibility index (Phi) is 7.00. The van der Waals surface area contributed by atoms with Crippen LogP contribution >= 0.6 is 0 Å². The van der Waals surface area contributed by atoms with Gasteiger partial charge in [0.05, 0.1) is 29.8 Å². The fraction of sp³-hybridized carbons (Fsp3) is 0.111. The lowest BCUT2D eigenvalue weighted by Crippen LogP contribution is -2.37. The molecule has 0 bridgehead atoms. The number of aromatic amines is 2. The van der Waals surface area contributed by atoms with Gasteiger partial charge in [-0.2, -0.15) is 0 Å². The summed E-state index contributed by atoms with van der Waals surface area (Å²) in [4.78, 5) is 47.1. The van der Waals surface area contributed by atoms with Gasteiger partial charge in [0.2, 0.25) is 5.88 Å². The maximum Gasteiger partial charge on any atom is 0.323 e. The predicted octanol–water partition coefficient (Wildman–Crippen LogP) is 3.43. The van der Waals surface area contributed by atoms with Gasteiger partial charge >= 0.3 is 5.69 Å². The number of rotatable bonds is 8. The second kappa shape index (κ2) is 10.7. The second-order valence-electron chi connectivity index (χ2n) is 8.62. The number of nitrogens with one attached hydrogen (secondary N) is 3. The van der Waals surface area contributed by atoms with E-state index in [9.17, 15) is 27.6 Å². The molecular weight excluding hydrogens is 515 g/mol. The van der Waals surface area contributed by atoms with Crippen molar-refractivity contribution >= 4 is 16.9 Å². The number of H-pyrrole nitrogens is 2. The fourth-order valence-electron chi connectivity index (χ4n) is 4.04. The minimum atomic E-state index is -1.61. The van der Waals surface area contributed by atoms with Gasteiger partial charge in [-0.05, 0) is 35.4 Å². The highest BCUT2D eigenvalue weighted by molar-refractivity contribution is 5.94. The minimum Gasteiger partial charge on any atom is -0.475 e. The molecule has 9 nitrogen and oxygen atoms in total. The van der Waals surface area contributed by atoms with Gasteiger partial charge in [0.15, 0.2) is 17.5 Å². The molecule has 0 aliphatic rings. The van der Waals surface area contributed by atoms with Crippen LogP contribution in [0.3, 0.4) is 0 Å². The second-order valence-corrected chi connectivity index (χ2v) is 8.62. The topological polar surface area (TPSA) is 122 Å². The first kappa shape index (κ1) is 25.5. The highest BCUT2D eigenvalue weighted by Gasteiger charge is 2.20. The Morgan fingerprint density at radius 3 is 2.44 bits per heavy atom. The van der Waals surface area contributed by atoms with Crippen molar-refractivity contribution in [2.45, 2.75) is 12.6 Å². The van der Waals surface area contributed by atoms with E-state index in [1.807, 2.05) is 0 Å². The third-order valence-electron chi connectivity index (χ3n) is 5.94. The van der Waals surface area contributed by atoms with Crippen LogP contribution in [0.2, 0.25) is 0 Å². The highest BCUT2D eigenvalue weighted by Crippen LogP contribution is 2.18. The van der Waals surface area contributed by atoms with Gasteiger partial charge in [0.1, 0.15) is 12.2 Å². The van der Waals surface area contributed by atoms with E-state index in [1.54, 1.807) is 30.3 Å². The van der Waals surface area contributed by atoms with Crippen molar-refractivity contribution in [2.24, 2.45) is 0 Å². The molecule has 39 heavy (non-hydrogen) atoms. The Morgan fingerprint density at radius 2 is 1.69 bits per heavy atom. The van der Waals surface area contributed by atoms with Crippen molar-refractivity contribution in [3.8, 4) is 5.88 Å². The van der Waals surface area contributed by atoms with Gasteiger partial charge in [-0.15, -0.1) is 0 Å². The standard InChI is InChI=1S/C27H20F3N5O4/c28-18-9-15(10-19(29)24(18)30)13-35-8-4-7-17(26(35)37)25(36)32-22(16-5-2-1-3-6-16)14-39-23-11-20-21(12-31-23)34-27(38)33-20/h1-12,22H,13-14H2,(H,32,36)(H2,33,34,38)/t22-/m0/s1. The molecule has 0 spiro atoms. The SMILES string of the molecule is O=C(N[C@@H](COc1cc2[nH]c(=O)[nH]c2cn1)c1ccccc1)c1cccn(Cc2cc(F)c(F)c(F)c2)c1=O. The molecule has 0 fully saturated rings. The van der Waals surface area contributed by atoms with Crippen LogP contribution in [-0.2, 0) is 6.54 Å². The molecule has 3 N–H and O–H groups in total. The smallest absolute Gasteiger partial charge is 0.323 e. The quantitative estimate of drug-likeness (QED) is 0.263. The number of imidazole rings is 1. The number of carbonyl (C=O) groups is 1. The van der Waals surface area contributed by atoms with E-state index >= 15 is 0 Å². The fourth-order valence-corrected chi connectivity index (χ4v) is 4.04. The van der Waals surface area contributed by atoms with Crippen molar-refractivity contribution in [3.63, 3.8) is 0 Å². The van der Waals surface area contributed by atoms with Crippen LogP contribution in [-0.4, -0.2) is 32.0 Å². The molecule has 0 aliphatic heterocycles. The molecule has 3 aromatic heterocycles. The summed E-state index contributed by atoms with van der Waals surface area (Å²) >= 11 is 0. The molecule has 5 aromatic rings. The molecule has 0 saturated carbocycles. The summed E-state index contributed by atoms with van der Waals surface area (Å²) in [5.41, 5.74) is 0.386. The molecule has 1 atom stereocenters. The molecule has 0 radical (unpaired) electrons. The lowest BCUT2D eigenvalue weighted by Gasteiger charge is -2.20. The van der Waals surface area contributed by atoms with E-state index in [0.29, 0.717) is 16.6 Å². The number of fused-ring (bicyclic) bond motifs is 1. The van der Waals surface area contributed by atoms with Crippen LogP contribution in [0.25, 0.3) is 11.0 Å². The predicted molar refractivity (Wildman–Crippen MR) is 135 cm³/mol. The van der Waals surface area contributed by atoms with Gasteiger partial charge in [0.25, 0.3) is 11.5 Å². The van der Waals surface area contributed by atoms with Crippen molar-refractivity contribution in [2.75, 3.05) is 6.61 Å². The summed E-state index contributed by atoms with van der Waals surface area (Å²) in [5.74, 6) is -4.87.